The molecule has 0 atom stereocenters. The van der Waals surface area contributed by atoms with Gasteiger partial charge in [0.05, 0.1) is 6.26 Å². The van der Waals surface area contributed by atoms with Crippen LogP contribution in [0.4, 0.5) is 0 Å². The molecule has 0 aromatic heterocycles. The van der Waals surface area contributed by atoms with Crippen molar-refractivity contribution in [2.45, 2.75) is 34.1 Å². The van der Waals surface area contributed by atoms with Gasteiger partial charge in [-0.15, -0.1) is 0 Å². The summed E-state index contributed by atoms with van der Waals surface area (Å²) in [4.78, 5) is 0. The summed E-state index contributed by atoms with van der Waals surface area (Å²) in [5.41, 5.74) is 2.21. The minimum absolute atomic E-state index is 0.153. The Morgan fingerprint density at radius 3 is 2.59 bits per heavy atom. The molecule has 115 valence electrons. The molecule has 0 bridgehead atoms. The first-order chi connectivity index (χ1) is 10.5. The molecule has 0 saturated heterocycles. The molecule has 2 heteroatoms. The predicted octanol–water partition coefficient (Wildman–Crippen LogP) is 5.59. The number of rotatable bonds is 4. The van der Waals surface area contributed by atoms with E-state index in [-0.39, 0.29) is 18.7 Å². The Hall–Kier alpha value is -1.44. The molecule has 0 N–H and O–H groups in total. The maximum absolute atomic E-state index is 5.41. The van der Waals surface area contributed by atoms with Crippen LogP contribution in [-0.2, 0) is 18.7 Å². The second-order valence-corrected chi connectivity index (χ2v) is 8.40. The van der Waals surface area contributed by atoms with Gasteiger partial charge in [-0.25, -0.2) is 0 Å². The molecular weight excluding hydrogens is 304 g/mol. The predicted molar refractivity (Wildman–Crippen MR) is 94.0 cm³/mol. The zero-order valence-corrected chi connectivity index (χ0v) is 15.6. The summed E-state index contributed by atoms with van der Waals surface area (Å²) in [5, 5.41) is 0. The monoisotopic (exact) mass is 329 g/mol. The van der Waals surface area contributed by atoms with Crippen LogP contribution in [0.1, 0.15) is 32.8 Å². The molecule has 22 heavy (non-hydrogen) atoms. The Morgan fingerprint density at radius 2 is 2.05 bits per heavy atom. The molecule has 0 saturated carbocycles. The molecule has 1 aliphatic rings. The van der Waals surface area contributed by atoms with Crippen LogP contribution in [0.3, 0.4) is 0 Å². The Balaban J connectivity index is 0.000000235. The zero-order valence-electron chi connectivity index (χ0n) is 14.0. The van der Waals surface area contributed by atoms with Crippen LogP contribution < -0.4 is 4.74 Å². The van der Waals surface area contributed by atoms with E-state index in [1.807, 2.05) is 38.1 Å². The van der Waals surface area contributed by atoms with Crippen molar-refractivity contribution in [2.75, 3.05) is 0 Å². The van der Waals surface area contributed by atoms with Gasteiger partial charge in [0.25, 0.3) is 0 Å². The van der Waals surface area contributed by atoms with Gasteiger partial charge in [0, 0.05) is 0 Å². The van der Waals surface area contributed by atoms with E-state index >= 15 is 0 Å². The quantitative estimate of drug-likeness (QED) is 0.397. The molecule has 0 spiro atoms. The van der Waals surface area contributed by atoms with Crippen LogP contribution in [0.2, 0.25) is 0 Å². The van der Waals surface area contributed by atoms with E-state index in [0.717, 1.165) is 11.3 Å². The van der Waals surface area contributed by atoms with Gasteiger partial charge in [0.15, 0.2) is 0 Å². The standard InChI is InChI=1S/C12H14O.C5H5.C3H6.Ti/c1-4-10(2)9-13-12-7-5-6-11(3)8-12;1-2-4-5-3-1;1-3-2;/h4-9H,1H2,2-3H3;1-3H,4H2;1-2H3;. The van der Waals surface area contributed by atoms with Gasteiger partial charge in [-0.3, -0.25) is 0 Å². The van der Waals surface area contributed by atoms with Crippen LogP contribution >= 0.6 is 0 Å². The number of ether oxygens (including phenoxy) is 1. The fraction of sp³-hybridized carbons (Fsp3) is 0.250. The average molecular weight is 329 g/mol. The number of allylic oxidation sites excluding steroid dienone is 6. The molecular formula is C20H25OTi. The number of benzene rings is 1. The summed E-state index contributed by atoms with van der Waals surface area (Å²) < 4.78 is 8.71. The van der Waals surface area contributed by atoms with Crippen molar-refractivity contribution in [1.82, 2.24) is 0 Å². The van der Waals surface area contributed by atoms with E-state index in [1.165, 1.54) is 12.0 Å². The summed E-state index contributed by atoms with van der Waals surface area (Å²) >= 11 is 0.153. The Bertz CT molecular complexity index is 614. The van der Waals surface area contributed by atoms with E-state index in [1.54, 1.807) is 20.0 Å². The van der Waals surface area contributed by atoms with Crippen molar-refractivity contribution in [3.05, 3.63) is 76.4 Å². The molecule has 0 heterocycles. The average Bonchev–Trinajstić information content (AvgIpc) is 2.97. The van der Waals surface area contributed by atoms with Crippen molar-refractivity contribution in [3.63, 3.8) is 0 Å². The van der Waals surface area contributed by atoms with Crippen LogP contribution in [0.25, 0.3) is 0 Å². The van der Waals surface area contributed by atoms with E-state index in [4.69, 9.17) is 4.74 Å². The Kier molecular flexibility index (Phi) is 8.73. The summed E-state index contributed by atoms with van der Waals surface area (Å²) in [7, 11) is 0. The summed E-state index contributed by atoms with van der Waals surface area (Å²) in [5.74, 6) is 0.862. The van der Waals surface area contributed by atoms with Crippen LogP contribution in [0, 0.1) is 6.92 Å². The van der Waals surface area contributed by atoms with Crippen molar-refractivity contribution in [1.29, 1.82) is 0 Å². The second-order valence-electron chi connectivity index (χ2n) is 5.45. The van der Waals surface area contributed by atoms with Gasteiger partial charge in [0.1, 0.15) is 5.75 Å². The Labute approximate surface area is 143 Å². The van der Waals surface area contributed by atoms with E-state index < -0.39 is 0 Å². The fourth-order valence-electron chi connectivity index (χ4n) is 1.76. The third-order valence-corrected chi connectivity index (χ3v) is 4.74. The van der Waals surface area contributed by atoms with Crippen molar-refractivity contribution >= 4 is 3.81 Å². The van der Waals surface area contributed by atoms with E-state index in [2.05, 4.69) is 38.7 Å². The molecule has 0 aliphatic heterocycles. The third kappa shape index (κ3) is 8.12. The van der Waals surface area contributed by atoms with Crippen LogP contribution in [-0.4, -0.2) is 3.81 Å². The van der Waals surface area contributed by atoms with Crippen molar-refractivity contribution in [2.24, 2.45) is 0 Å². The first-order valence-corrected chi connectivity index (χ1v) is 9.03. The second kappa shape index (κ2) is 10.3. The fourth-order valence-corrected chi connectivity index (χ4v) is 3.39. The van der Waals surface area contributed by atoms with Gasteiger partial charge < -0.3 is 4.74 Å². The molecule has 1 aliphatic carbocycles. The topological polar surface area (TPSA) is 9.23 Å². The number of aryl methyl sites for hydroxylation is 1. The Morgan fingerprint density at radius 1 is 1.27 bits per heavy atom. The van der Waals surface area contributed by atoms with Gasteiger partial charge in [-0.05, 0) is 37.1 Å². The third-order valence-electron chi connectivity index (χ3n) is 2.87. The molecule has 0 amide bonds. The van der Waals surface area contributed by atoms with Gasteiger partial charge in [-0.2, -0.15) is 0 Å². The molecule has 1 aromatic carbocycles. The molecule has 0 fully saturated rings. The number of hydrogen-bond donors (Lipinski definition) is 0. The summed E-state index contributed by atoms with van der Waals surface area (Å²) in [6.45, 7) is 12.1. The van der Waals surface area contributed by atoms with Crippen LogP contribution in [0.5, 0.6) is 5.75 Å². The first-order valence-electron chi connectivity index (χ1n) is 7.46. The van der Waals surface area contributed by atoms with Gasteiger partial charge in [0.2, 0.25) is 0 Å². The number of hydrogen-bond acceptors (Lipinski definition) is 1. The summed E-state index contributed by atoms with van der Waals surface area (Å²) in [6, 6.07) is 7.94. The SMILES string of the molecule is C=CC(C)=COc1cccc(C)c1.C[C](C)=[Ti][C]1=CC=CC1. The summed E-state index contributed by atoms with van der Waals surface area (Å²) in [6.07, 6.45) is 11.4. The molecule has 1 aromatic rings. The molecule has 1 nitrogen and oxygen atoms in total. The first kappa shape index (κ1) is 18.6. The zero-order chi connectivity index (χ0) is 16.4. The molecule has 2 rings (SSSR count). The van der Waals surface area contributed by atoms with E-state index in [9.17, 15) is 0 Å². The molecule has 0 unspecified atom stereocenters. The molecule has 0 radical (unpaired) electrons. The minimum atomic E-state index is 0.153. The normalized spacial score (nSPS) is 12.7. The van der Waals surface area contributed by atoms with Crippen molar-refractivity contribution in [3.8, 4) is 5.75 Å². The van der Waals surface area contributed by atoms with Crippen molar-refractivity contribution < 1.29 is 23.4 Å². The maximum atomic E-state index is 5.41. The van der Waals surface area contributed by atoms with Gasteiger partial charge in [-0.1, -0.05) is 24.8 Å². The van der Waals surface area contributed by atoms with Crippen LogP contribution in [0.15, 0.2) is 70.9 Å². The van der Waals surface area contributed by atoms with Gasteiger partial charge >= 0.3 is 64.9 Å². The van der Waals surface area contributed by atoms with E-state index in [0.29, 0.717) is 0 Å².